The van der Waals surface area contributed by atoms with Gasteiger partial charge in [0, 0.05) is 15.9 Å². The number of rotatable bonds is 5. The van der Waals surface area contributed by atoms with E-state index in [4.69, 9.17) is 11.6 Å². The second-order valence-corrected chi connectivity index (χ2v) is 4.71. The van der Waals surface area contributed by atoms with Gasteiger partial charge in [-0.25, -0.2) is 0 Å². The predicted octanol–water partition coefficient (Wildman–Crippen LogP) is 3.64. The maximum absolute atomic E-state index is 11.5. The van der Waals surface area contributed by atoms with Crippen LogP contribution in [0.25, 0.3) is 0 Å². The number of alkyl halides is 1. The van der Waals surface area contributed by atoms with Gasteiger partial charge >= 0.3 is 0 Å². The van der Waals surface area contributed by atoms with E-state index in [1.54, 1.807) is 0 Å². The van der Waals surface area contributed by atoms with E-state index in [0.717, 1.165) is 22.1 Å². The average Bonchev–Trinajstić information content (AvgIpc) is 2.22. The second-order valence-electron chi connectivity index (χ2n) is 3.17. The normalized spacial score (nSPS) is 10.0. The van der Waals surface area contributed by atoms with Crippen molar-refractivity contribution in [3.05, 3.63) is 27.8 Å². The van der Waals surface area contributed by atoms with E-state index in [0.29, 0.717) is 12.3 Å². The van der Waals surface area contributed by atoms with E-state index >= 15 is 0 Å². The lowest BCUT2D eigenvalue weighted by atomic mass is 10.2. The highest BCUT2D eigenvalue weighted by Crippen LogP contribution is 2.17. The number of anilines is 1. The van der Waals surface area contributed by atoms with Gasteiger partial charge in [0.15, 0.2) is 0 Å². The molecule has 0 heterocycles. The van der Waals surface area contributed by atoms with Gasteiger partial charge in [0.2, 0.25) is 5.91 Å². The van der Waals surface area contributed by atoms with Crippen molar-refractivity contribution < 1.29 is 4.79 Å². The zero-order valence-electron chi connectivity index (χ0n) is 8.30. The van der Waals surface area contributed by atoms with Gasteiger partial charge in [-0.2, -0.15) is 0 Å². The molecule has 2 nitrogen and oxygen atoms in total. The summed E-state index contributed by atoms with van der Waals surface area (Å²) in [6.07, 6.45) is 2.28. The Morgan fingerprint density at radius 3 is 2.73 bits per heavy atom. The molecule has 0 fully saturated rings. The third kappa shape index (κ3) is 4.84. The molecule has 0 unspecified atom stereocenters. The Kier molecular flexibility index (Phi) is 6.02. The van der Waals surface area contributed by atoms with Crippen molar-refractivity contribution in [1.82, 2.24) is 0 Å². The van der Waals surface area contributed by atoms with Crippen LogP contribution in [-0.4, -0.2) is 11.8 Å². The smallest absolute Gasteiger partial charge is 0.224 e. The topological polar surface area (TPSA) is 29.1 Å². The van der Waals surface area contributed by atoms with E-state index in [-0.39, 0.29) is 5.91 Å². The average molecular weight is 338 g/mol. The molecule has 1 rings (SSSR count). The third-order valence-electron chi connectivity index (χ3n) is 1.94. The number of carbonyl (C=O) groups excluding carboxylic acids is 1. The fourth-order valence-corrected chi connectivity index (χ4v) is 1.87. The summed E-state index contributed by atoms with van der Waals surface area (Å²) in [4.78, 5) is 11.5. The van der Waals surface area contributed by atoms with Crippen molar-refractivity contribution in [2.45, 2.75) is 19.3 Å². The minimum atomic E-state index is 0.0595. The lowest BCUT2D eigenvalue weighted by molar-refractivity contribution is -0.116. The molecular formula is C11H13ClINO. The van der Waals surface area contributed by atoms with Crippen LogP contribution in [0, 0.1) is 3.57 Å². The summed E-state index contributed by atoms with van der Waals surface area (Å²) in [6.45, 7) is 0. The zero-order chi connectivity index (χ0) is 11.1. The Hall–Kier alpha value is -0.290. The minimum absolute atomic E-state index is 0.0595. The van der Waals surface area contributed by atoms with Gasteiger partial charge in [0.05, 0.1) is 5.69 Å². The molecule has 82 valence electrons. The Morgan fingerprint density at radius 1 is 1.33 bits per heavy atom. The van der Waals surface area contributed by atoms with Crippen molar-refractivity contribution in [3.8, 4) is 0 Å². The van der Waals surface area contributed by atoms with Gasteiger partial charge < -0.3 is 5.32 Å². The summed E-state index contributed by atoms with van der Waals surface area (Å²) in [6, 6.07) is 7.73. The van der Waals surface area contributed by atoms with Gasteiger partial charge in [0.1, 0.15) is 0 Å². The van der Waals surface area contributed by atoms with Gasteiger partial charge in [-0.15, -0.1) is 11.6 Å². The molecule has 1 N–H and O–H groups in total. The Balaban J connectivity index is 2.41. The Labute approximate surface area is 109 Å². The molecule has 15 heavy (non-hydrogen) atoms. The summed E-state index contributed by atoms with van der Waals surface area (Å²) in [5.41, 5.74) is 0.883. The Bertz CT molecular complexity index is 330. The van der Waals surface area contributed by atoms with Crippen LogP contribution in [0.3, 0.4) is 0 Å². The lowest BCUT2D eigenvalue weighted by Crippen LogP contribution is -2.11. The fourth-order valence-electron chi connectivity index (χ4n) is 1.16. The van der Waals surface area contributed by atoms with E-state index in [9.17, 15) is 4.79 Å². The number of benzene rings is 1. The first-order chi connectivity index (χ1) is 7.24. The summed E-state index contributed by atoms with van der Waals surface area (Å²) in [5.74, 6) is 0.681. The highest BCUT2D eigenvalue weighted by atomic mass is 127. The first-order valence-corrected chi connectivity index (χ1v) is 6.45. The van der Waals surface area contributed by atoms with Crippen LogP contribution in [-0.2, 0) is 4.79 Å². The predicted molar refractivity (Wildman–Crippen MR) is 72.4 cm³/mol. The van der Waals surface area contributed by atoms with Gasteiger partial charge in [-0.3, -0.25) is 4.79 Å². The molecule has 4 heteroatoms. The molecule has 0 spiro atoms. The number of hydrogen-bond acceptors (Lipinski definition) is 1. The summed E-state index contributed by atoms with van der Waals surface area (Å²) >= 11 is 7.74. The van der Waals surface area contributed by atoms with Crippen LogP contribution < -0.4 is 5.32 Å². The molecule has 0 radical (unpaired) electrons. The molecule has 0 aromatic heterocycles. The quantitative estimate of drug-likeness (QED) is 0.496. The van der Waals surface area contributed by atoms with Crippen molar-refractivity contribution >= 4 is 45.8 Å². The first-order valence-electron chi connectivity index (χ1n) is 4.84. The summed E-state index contributed by atoms with van der Waals surface area (Å²) < 4.78 is 1.06. The standard InChI is InChI=1S/C11H13ClINO/c12-8-4-3-7-11(15)14-10-6-2-1-5-9(10)13/h1-2,5-6H,3-4,7-8H2,(H,14,15). The maximum Gasteiger partial charge on any atom is 0.224 e. The van der Waals surface area contributed by atoms with Gasteiger partial charge in [-0.1, -0.05) is 12.1 Å². The highest BCUT2D eigenvalue weighted by molar-refractivity contribution is 14.1. The van der Waals surface area contributed by atoms with E-state index in [2.05, 4.69) is 27.9 Å². The molecule has 0 saturated carbocycles. The van der Waals surface area contributed by atoms with Crippen LogP contribution in [0.1, 0.15) is 19.3 Å². The first kappa shape index (κ1) is 12.8. The maximum atomic E-state index is 11.5. The summed E-state index contributed by atoms with van der Waals surface area (Å²) in [5, 5.41) is 2.88. The zero-order valence-corrected chi connectivity index (χ0v) is 11.2. The van der Waals surface area contributed by atoms with Crippen molar-refractivity contribution in [2.24, 2.45) is 0 Å². The van der Waals surface area contributed by atoms with Crippen LogP contribution >= 0.6 is 34.2 Å². The number of halogens is 2. The second kappa shape index (κ2) is 7.06. The molecule has 0 aliphatic carbocycles. The van der Waals surface area contributed by atoms with Crippen LogP contribution in [0.15, 0.2) is 24.3 Å². The van der Waals surface area contributed by atoms with E-state index in [1.807, 2.05) is 24.3 Å². The van der Waals surface area contributed by atoms with Crippen LogP contribution in [0.2, 0.25) is 0 Å². The van der Waals surface area contributed by atoms with Crippen LogP contribution in [0.5, 0.6) is 0 Å². The SMILES string of the molecule is O=C(CCCCCl)Nc1ccccc1I. The van der Waals surface area contributed by atoms with Crippen molar-refractivity contribution in [2.75, 3.05) is 11.2 Å². The molecule has 1 aromatic carbocycles. The molecule has 0 aliphatic heterocycles. The third-order valence-corrected chi connectivity index (χ3v) is 3.14. The molecule has 0 bridgehead atoms. The molecule has 0 atom stereocenters. The van der Waals surface area contributed by atoms with E-state index in [1.165, 1.54) is 0 Å². The van der Waals surface area contributed by atoms with Crippen molar-refractivity contribution in [3.63, 3.8) is 0 Å². The monoisotopic (exact) mass is 337 g/mol. The molecule has 0 aliphatic rings. The number of carbonyl (C=O) groups is 1. The molecule has 1 aromatic rings. The van der Waals surface area contributed by atoms with Crippen LogP contribution in [0.4, 0.5) is 5.69 Å². The Morgan fingerprint density at radius 2 is 2.07 bits per heavy atom. The number of unbranched alkanes of at least 4 members (excludes halogenated alkanes) is 1. The number of amides is 1. The fraction of sp³-hybridized carbons (Fsp3) is 0.364. The molecular weight excluding hydrogens is 324 g/mol. The molecule has 0 saturated heterocycles. The molecule has 1 amide bonds. The minimum Gasteiger partial charge on any atom is -0.325 e. The number of nitrogens with one attached hydrogen (secondary N) is 1. The summed E-state index contributed by atoms with van der Waals surface area (Å²) in [7, 11) is 0. The highest BCUT2D eigenvalue weighted by Gasteiger charge is 2.03. The number of hydrogen-bond donors (Lipinski definition) is 1. The number of para-hydroxylation sites is 1. The lowest BCUT2D eigenvalue weighted by Gasteiger charge is -2.06. The van der Waals surface area contributed by atoms with Crippen molar-refractivity contribution in [1.29, 1.82) is 0 Å². The van der Waals surface area contributed by atoms with E-state index < -0.39 is 0 Å². The largest absolute Gasteiger partial charge is 0.325 e. The van der Waals surface area contributed by atoms with Gasteiger partial charge in [0.25, 0.3) is 0 Å². The van der Waals surface area contributed by atoms with Gasteiger partial charge in [-0.05, 0) is 47.6 Å².